The van der Waals surface area contributed by atoms with E-state index in [0.29, 0.717) is 0 Å². The molecule has 0 saturated heterocycles. The smallest absolute Gasteiger partial charge is 0.0483 e. The summed E-state index contributed by atoms with van der Waals surface area (Å²) in [6, 6.07) is 11.7. The molecule has 0 heterocycles. The molecule has 81 valence electrons. The molecule has 0 unspecified atom stereocenters. The normalized spacial score (nSPS) is 11.4. The van der Waals surface area contributed by atoms with Gasteiger partial charge in [-0.15, -0.1) is 6.58 Å². The van der Waals surface area contributed by atoms with Crippen molar-refractivity contribution in [3.05, 3.63) is 54.5 Å². The van der Waals surface area contributed by atoms with Crippen LogP contribution in [0.25, 0.3) is 0 Å². The highest BCUT2D eigenvalue weighted by molar-refractivity contribution is 6.76. The summed E-state index contributed by atoms with van der Waals surface area (Å²) >= 11 is 0. The molecule has 0 bridgehead atoms. The second-order valence-corrected chi connectivity index (χ2v) is 10.8. The van der Waals surface area contributed by atoms with Crippen molar-refractivity contribution in [2.45, 2.75) is 32.1 Å². The predicted octanol–water partition coefficient (Wildman–Crippen LogP) is 4.52. The highest BCUT2D eigenvalue weighted by Gasteiger charge is 2.14. The molecular formula is C14H21Si. The van der Waals surface area contributed by atoms with Crippen LogP contribution in [0.15, 0.2) is 42.5 Å². The van der Waals surface area contributed by atoms with E-state index in [-0.39, 0.29) is 0 Å². The van der Waals surface area contributed by atoms with Gasteiger partial charge >= 0.3 is 0 Å². The van der Waals surface area contributed by atoms with Crippen LogP contribution in [0, 0.1) is 6.42 Å². The first kappa shape index (κ1) is 12.2. The first-order valence-corrected chi connectivity index (χ1v) is 9.23. The van der Waals surface area contributed by atoms with Gasteiger partial charge < -0.3 is 0 Å². The highest BCUT2D eigenvalue weighted by atomic mass is 28.3. The van der Waals surface area contributed by atoms with Gasteiger partial charge in [0.2, 0.25) is 0 Å². The fourth-order valence-corrected chi connectivity index (χ4v) is 3.32. The summed E-state index contributed by atoms with van der Waals surface area (Å²) in [6.45, 7) is 11.3. The highest BCUT2D eigenvalue weighted by Crippen LogP contribution is 2.19. The Balaban J connectivity index is 2.35. The van der Waals surface area contributed by atoms with E-state index in [1.54, 1.807) is 0 Å². The largest absolute Gasteiger partial charge is 0.100 e. The molecule has 0 spiro atoms. The summed E-state index contributed by atoms with van der Waals surface area (Å²) in [7, 11) is -0.978. The second kappa shape index (κ2) is 5.31. The molecule has 1 rings (SSSR count). The maximum atomic E-state index is 4.16. The van der Waals surface area contributed by atoms with Crippen molar-refractivity contribution >= 4 is 8.07 Å². The van der Waals surface area contributed by atoms with Gasteiger partial charge in [-0.1, -0.05) is 55.5 Å². The van der Waals surface area contributed by atoms with Crippen molar-refractivity contribution in [2.24, 2.45) is 0 Å². The summed E-state index contributed by atoms with van der Waals surface area (Å²) in [5.74, 6) is 0. The summed E-state index contributed by atoms with van der Waals surface area (Å²) in [4.78, 5) is 0. The Bertz CT molecular complexity index is 306. The van der Waals surface area contributed by atoms with Crippen LogP contribution in [0.5, 0.6) is 0 Å². The molecule has 1 heteroatoms. The molecule has 0 atom stereocenters. The molecule has 15 heavy (non-hydrogen) atoms. The molecule has 0 saturated carbocycles. The van der Waals surface area contributed by atoms with Crippen LogP contribution in [0.1, 0.15) is 12.0 Å². The van der Waals surface area contributed by atoms with E-state index in [1.165, 1.54) is 17.2 Å². The van der Waals surface area contributed by atoms with Crippen molar-refractivity contribution in [2.75, 3.05) is 0 Å². The third kappa shape index (κ3) is 5.58. The molecule has 0 amide bonds. The van der Waals surface area contributed by atoms with Crippen molar-refractivity contribution in [3.63, 3.8) is 0 Å². The quantitative estimate of drug-likeness (QED) is 0.502. The minimum absolute atomic E-state index is 0.978. The van der Waals surface area contributed by atoms with Crippen molar-refractivity contribution < 1.29 is 0 Å². The van der Waals surface area contributed by atoms with E-state index in [0.717, 1.165) is 6.42 Å². The zero-order chi connectivity index (χ0) is 11.3. The van der Waals surface area contributed by atoms with Crippen molar-refractivity contribution in [3.8, 4) is 0 Å². The maximum absolute atomic E-state index is 4.16. The van der Waals surface area contributed by atoms with Crippen LogP contribution >= 0.6 is 0 Å². The topological polar surface area (TPSA) is 0 Å². The summed E-state index contributed by atoms with van der Waals surface area (Å²) < 4.78 is 0. The molecule has 0 nitrogen and oxygen atoms in total. The molecule has 0 N–H and O–H groups in total. The summed E-state index contributed by atoms with van der Waals surface area (Å²) in [5, 5.41) is 0. The van der Waals surface area contributed by atoms with E-state index in [2.05, 4.69) is 56.9 Å². The lowest BCUT2D eigenvalue weighted by Gasteiger charge is -2.17. The summed E-state index contributed by atoms with van der Waals surface area (Å²) in [5.41, 5.74) is 2.67. The molecule has 0 aliphatic carbocycles. The van der Waals surface area contributed by atoms with Gasteiger partial charge in [0.15, 0.2) is 0 Å². The van der Waals surface area contributed by atoms with Crippen LogP contribution in [0.2, 0.25) is 25.7 Å². The van der Waals surface area contributed by atoms with Gasteiger partial charge in [0.05, 0.1) is 0 Å². The van der Waals surface area contributed by atoms with Gasteiger partial charge in [-0.05, 0) is 24.4 Å². The molecule has 1 aromatic rings. The monoisotopic (exact) mass is 217 g/mol. The molecule has 0 fully saturated rings. The standard InChI is InChI=1S/C14H21Si/c1-13(12-15(2,3)4)10-11-14-8-6-5-7-9-14/h5-9,11H,1,10,12H2,2-4H3. The van der Waals surface area contributed by atoms with Crippen LogP contribution < -0.4 is 0 Å². The Morgan fingerprint density at radius 3 is 2.33 bits per heavy atom. The average molecular weight is 217 g/mol. The zero-order valence-electron chi connectivity index (χ0n) is 10.1. The molecule has 0 aliphatic rings. The zero-order valence-corrected chi connectivity index (χ0v) is 11.1. The third-order valence-electron chi connectivity index (χ3n) is 2.21. The lowest BCUT2D eigenvalue weighted by Crippen LogP contribution is -2.19. The van der Waals surface area contributed by atoms with Gasteiger partial charge in [0.1, 0.15) is 0 Å². The minimum Gasteiger partial charge on any atom is -0.100 e. The van der Waals surface area contributed by atoms with E-state index in [1.807, 2.05) is 6.07 Å². The molecule has 1 radical (unpaired) electrons. The van der Waals surface area contributed by atoms with Gasteiger partial charge in [-0.25, -0.2) is 0 Å². The number of hydrogen-bond acceptors (Lipinski definition) is 0. The SMILES string of the molecule is C=C(C[CH]c1ccccc1)C[Si](C)(C)C. The Morgan fingerprint density at radius 1 is 1.20 bits per heavy atom. The van der Waals surface area contributed by atoms with Crippen LogP contribution in [-0.2, 0) is 0 Å². The van der Waals surface area contributed by atoms with E-state index in [9.17, 15) is 0 Å². The number of allylic oxidation sites excluding steroid dienone is 1. The Labute approximate surface area is 95.0 Å². The van der Waals surface area contributed by atoms with Crippen molar-refractivity contribution in [1.29, 1.82) is 0 Å². The minimum atomic E-state index is -0.978. The predicted molar refractivity (Wildman–Crippen MR) is 71.8 cm³/mol. The number of benzene rings is 1. The fraction of sp³-hybridized carbons (Fsp3) is 0.357. The molecule has 0 aromatic heterocycles. The Morgan fingerprint density at radius 2 is 1.80 bits per heavy atom. The lowest BCUT2D eigenvalue weighted by atomic mass is 10.1. The first-order chi connectivity index (χ1) is 6.97. The van der Waals surface area contributed by atoms with Crippen LogP contribution in [0.3, 0.4) is 0 Å². The van der Waals surface area contributed by atoms with Crippen LogP contribution in [0.4, 0.5) is 0 Å². The number of hydrogen-bond donors (Lipinski definition) is 0. The summed E-state index contributed by atoms with van der Waals surface area (Å²) in [6.07, 6.45) is 3.29. The maximum Gasteiger partial charge on any atom is 0.0483 e. The van der Waals surface area contributed by atoms with Gasteiger partial charge in [-0.2, -0.15) is 0 Å². The average Bonchev–Trinajstić information content (AvgIpc) is 2.14. The van der Waals surface area contributed by atoms with Gasteiger partial charge in [-0.3, -0.25) is 0 Å². The molecule has 1 aromatic carbocycles. The third-order valence-corrected chi connectivity index (χ3v) is 3.77. The molecule has 0 aliphatic heterocycles. The van der Waals surface area contributed by atoms with Crippen LogP contribution in [-0.4, -0.2) is 8.07 Å². The Hall–Kier alpha value is -0.823. The lowest BCUT2D eigenvalue weighted by molar-refractivity contribution is 1.12. The first-order valence-electron chi connectivity index (χ1n) is 5.52. The van der Waals surface area contributed by atoms with E-state index >= 15 is 0 Å². The molecular weight excluding hydrogens is 196 g/mol. The van der Waals surface area contributed by atoms with E-state index < -0.39 is 8.07 Å². The second-order valence-electron chi connectivity index (χ2n) is 5.31. The van der Waals surface area contributed by atoms with Gasteiger partial charge in [0, 0.05) is 8.07 Å². The fourth-order valence-electron chi connectivity index (χ4n) is 1.67. The van der Waals surface area contributed by atoms with E-state index in [4.69, 9.17) is 0 Å². The number of rotatable bonds is 5. The van der Waals surface area contributed by atoms with Crippen molar-refractivity contribution in [1.82, 2.24) is 0 Å². The Kier molecular flexibility index (Phi) is 4.34. The van der Waals surface area contributed by atoms with Gasteiger partial charge in [0.25, 0.3) is 0 Å².